The molecule has 0 aliphatic carbocycles. The van der Waals surface area contributed by atoms with Crippen LogP contribution in [0.2, 0.25) is 5.02 Å². The van der Waals surface area contributed by atoms with E-state index < -0.39 is 5.97 Å². The molecule has 86 valence electrons. The second kappa shape index (κ2) is 5.71. The molecule has 0 saturated carbocycles. The van der Waals surface area contributed by atoms with Crippen LogP contribution in [-0.2, 0) is 4.74 Å². The number of esters is 1. The Morgan fingerprint density at radius 3 is 2.81 bits per heavy atom. The first-order chi connectivity index (χ1) is 7.56. The molecule has 0 spiro atoms. The standard InChI is InChI=1S/C13H15ClO2/c1-4-7-16-13(15)11-8-10(9(2)3)5-6-12(11)14/h4-6,8-9H,1,7H2,2-3H3. The molecule has 0 atom stereocenters. The first-order valence-electron chi connectivity index (χ1n) is 5.13. The van der Waals surface area contributed by atoms with E-state index in [0.717, 1.165) is 5.56 Å². The van der Waals surface area contributed by atoms with Gasteiger partial charge >= 0.3 is 5.97 Å². The first-order valence-corrected chi connectivity index (χ1v) is 5.51. The van der Waals surface area contributed by atoms with Crippen molar-refractivity contribution in [1.82, 2.24) is 0 Å². The Balaban J connectivity index is 2.97. The number of benzene rings is 1. The molecule has 0 fully saturated rings. The van der Waals surface area contributed by atoms with Crippen molar-refractivity contribution in [2.45, 2.75) is 19.8 Å². The van der Waals surface area contributed by atoms with Crippen LogP contribution in [0.5, 0.6) is 0 Å². The zero-order valence-corrected chi connectivity index (χ0v) is 10.3. The van der Waals surface area contributed by atoms with Gasteiger partial charge in [-0.1, -0.05) is 44.2 Å². The average molecular weight is 239 g/mol. The average Bonchev–Trinajstić information content (AvgIpc) is 2.26. The van der Waals surface area contributed by atoms with Gasteiger partial charge in [-0.15, -0.1) is 0 Å². The second-order valence-corrected chi connectivity index (χ2v) is 4.19. The maximum Gasteiger partial charge on any atom is 0.339 e. The Bertz CT molecular complexity index is 397. The van der Waals surface area contributed by atoms with Gasteiger partial charge in [-0.2, -0.15) is 0 Å². The second-order valence-electron chi connectivity index (χ2n) is 3.78. The fourth-order valence-electron chi connectivity index (χ4n) is 1.27. The van der Waals surface area contributed by atoms with Crippen LogP contribution in [0.4, 0.5) is 0 Å². The van der Waals surface area contributed by atoms with Crippen molar-refractivity contribution in [2.75, 3.05) is 6.61 Å². The number of carbonyl (C=O) groups is 1. The van der Waals surface area contributed by atoms with Crippen LogP contribution in [0.3, 0.4) is 0 Å². The van der Waals surface area contributed by atoms with E-state index in [4.69, 9.17) is 16.3 Å². The Hall–Kier alpha value is -1.28. The molecule has 0 radical (unpaired) electrons. The molecule has 1 aromatic rings. The zero-order chi connectivity index (χ0) is 12.1. The van der Waals surface area contributed by atoms with E-state index in [2.05, 4.69) is 20.4 Å². The minimum Gasteiger partial charge on any atom is -0.458 e. The fourth-order valence-corrected chi connectivity index (χ4v) is 1.47. The molecule has 0 bridgehead atoms. The van der Waals surface area contributed by atoms with Gasteiger partial charge in [-0.05, 0) is 23.6 Å². The predicted molar refractivity (Wildman–Crippen MR) is 66.0 cm³/mol. The van der Waals surface area contributed by atoms with Crippen LogP contribution in [0.15, 0.2) is 30.9 Å². The minimum atomic E-state index is -0.410. The van der Waals surface area contributed by atoms with Crippen LogP contribution >= 0.6 is 11.6 Å². The monoisotopic (exact) mass is 238 g/mol. The van der Waals surface area contributed by atoms with E-state index in [9.17, 15) is 4.79 Å². The summed E-state index contributed by atoms with van der Waals surface area (Å²) in [4.78, 5) is 11.6. The molecule has 0 N–H and O–H groups in total. The molecular formula is C13H15ClO2. The first kappa shape index (κ1) is 12.8. The van der Waals surface area contributed by atoms with Gasteiger partial charge in [-0.3, -0.25) is 0 Å². The highest BCUT2D eigenvalue weighted by atomic mass is 35.5. The third kappa shape index (κ3) is 3.11. The molecule has 2 nitrogen and oxygen atoms in total. The smallest absolute Gasteiger partial charge is 0.339 e. The molecule has 0 saturated heterocycles. The largest absolute Gasteiger partial charge is 0.458 e. The van der Waals surface area contributed by atoms with Crippen LogP contribution in [-0.4, -0.2) is 12.6 Å². The molecule has 16 heavy (non-hydrogen) atoms. The normalized spacial score (nSPS) is 10.2. The van der Waals surface area contributed by atoms with Gasteiger partial charge in [0.05, 0.1) is 10.6 Å². The lowest BCUT2D eigenvalue weighted by atomic mass is 10.0. The van der Waals surface area contributed by atoms with Crippen LogP contribution in [0.25, 0.3) is 0 Å². The minimum absolute atomic E-state index is 0.196. The van der Waals surface area contributed by atoms with Crippen molar-refractivity contribution in [2.24, 2.45) is 0 Å². The van der Waals surface area contributed by atoms with Crippen molar-refractivity contribution in [3.8, 4) is 0 Å². The lowest BCUT2D eigenvalue weighted by Crippen LogP contribution is -2.06. The van der Waals surface area contributed by atoms with Crippen LogP contribution < -0.4 is 0 Å². The maximum absolute atomic E-state index is 11.6. The number of hydrogen-bond donors (Lipinski definition) is 0. The number of halogens is 1. The SMILES string of the molecule is C=CCOC(=O)c1cc(C(C)C)ccc1Cl. The molecule has 1 rings (SSSR count). The lowest BCUT2D eigenvalue weighted by molar-refractivity contribution is 0.0550. The van der Waals surface area contributed by atoms with E-state index in [1.807, 2.05) is 6.07 Å². The number of hydrogen-bond acceptors (Lipinski definition) is 2. The third-order valence-electron chi connectivity index (χ3n) is 2.21. The van der Waals surface area contributed by atoms with E-state index in [-0.39, 0.29) is 6.61 Å². The summed E-state index contributed by atoms with van der Waals surface area (Å²) >= 11 is 5.95. The van der Waals surface area contributed by atoms with Crippen molar-refractivity contribution < 1.29 is 9.53 Å². The third-order valence-corrected chi connectivity index (χ3v) is 2.54. The molecule has 1 aromatic carbocycles. The van der Waals surface area contributed by atoms with Crippen molar-refractivity contribution in [3.63, 3.8) is 0 Å². The molecule has 0 aliphatic rings. The molecule has 0 aromatic heterocycles. The summed E-state index contributed by atoms with van der Waals surface area (Å²) in [7, 11) is 0. The van der Waals surface area contributed by atoms with Crippen LogP contribution in [0.1, 0.15) is 35.7 Å². The number of carbonyl (C=O) groups excluding carboxylic acids is 1. The summed E-state index contributed by atoms with van der Waals surface area (Å²) < 4.78 is 4.95. The molecule has 0 amide bonds. The van der Waals surface area contributed by atoms with Crippen molar-refractivity contribution in [3.05, 3.63) is 47.0 Å². The topological polar surface area (TPSA) is 26.3 Å². The number of ether oxygens (including phenoxy) is 1. The van der Waals surface area contributed by atoms with E-state index >= 15 is 0 Å². The molecule has 0 aliphatic heterocycles. The summed E-state index contributed by atoms with van der Waals surface area (Å²) in [6.45, 7) is 7.80. The van der Waals surface area contributed by atoms with Gasteiger partial charge < -0.3 is 4.74 Å². The Kier molecular flexibility index (Phi) is 4.56. The summed E-state index contributed by atoms with van der Waals surface area (Å²) in [6.07, 6.45) is 1.53. The van der Waals surface area contributed by atoms with E-state index in [1.165, 1.54) is 6.08 Å². The van der Waals surface area contributed by atoms with Gasteiger partial charge in [-0.25, -0.2) is 4.79 Å². The van der Waals surface area contributed by atoms with Gasteiger partial charge in [0.25, 0.3) is 0 Å². The Morgan fingerprint density at radius 2 is 2.25 bits per heavy atom. The van der Waals surface area contributed by atoms with E-state index in [0.29, 0.717) is 16.5 Å². The van der Waals surface area contributed by atoms with E-state index in [1.54, 1.807) is 12.1 Å². The zero-order valence-electron chi connectivity index (χ0n) is 9.50. The van der Waals surface area contributed by atoms with Gasteiger partial charge in [0, 0.05) is 0 Å². The Labute approximate surface area is 101 Å². The summed E-state index contributed by atoms with van der Waals surface area (Å²) in [5.74, 6) is -0.0596. The molecule has 0 unspecified atom stereocenters. The lowest BCUT2D eigenvalue weighted by Gasteiger charge is -2.09. The summed E-state index contributed by atoms with van der Waals surface area (Å²) in [5.41, 5.74) is 1.48. The van der Waals surface area contributed by atoms with Crippen molar-refractivity contribution >= 4 is 17.6 Å². The highest BCUT2D eigenvalue weighted by Gasteiger charge is 2.13. The summed E-state index contributed by atoms with van der Waals surface area (Å²) in [6, 6.07) is 5.41. The molecule has 0 heterocycles. The van der Waals surface area contributed by atoms with Gasteiger partial charge in [0.1, 0.15) is 6.61 Å². The highest BCUT2D eigenvalue weighted by molar-refractivity contribution is 6.33. The molecule has 3 heteroatoms. The fraction of sp³-hybridized carbons (Fsp3) is 0.308. The highest BCUT2D eigenvalue weighted by Crippen LogP contribution is 2.23. The van der Waals surface area contributed by atoms with Crippen molar-refractivity contribution in [1.29, 1.82) is 0 Å². The maximum atomic E-state index is 11.6. The van der Waals surface area contributed by atoms with Gasteiger partial charge in [0.15, 0.2) is 0 Å². The predicted octanol–water partition coefficient (Wildman–Crippen LogP) is 3.81. The Morgan fingerprint density at radius 1 is 1.56 bits per heavy atom. The van der Waals surface area contributed by atoms with Crippen LogP contribution in [0, 0.1) is 0 Å². The summed E-state index contributed by atoms with van der Waals surface area (Å²) in [5, 5.41) is 0.415. The quantitative estimate of drug-likeness (QED) is 0.589. The van der Waals surface area contributed by atoms with Gasteiger partial charge in [0.2, 0.25) is 0 Å². The molecular weight excluding hydrogens is 224 g/mol. The number of rotatable bonds is 4.